The average Bonchev–Trinajstić information content (AvgIpc) is 2.31. The Morgan fingerprint density at radius 3 is 2.33 bits per heavy atom. The first-order valence-electron chi connectivity index (χ1n) is 5.41. The lowest BCUT2D eigenvalue weighted by molar-refractivity contribution is 0.456. The third-order valence-corrected chi connectivity index (χ3v) is 3.95. The molecule has 2 rings (SSSR count). The van der Waals surface area contributed by atoms with Crippen LogP contribution in [-0.4, -0.2) is 9.97 Å². The molecule has 18 heavy (non-hydrogen) atoms. The van der Waals surface area contributed by atoms with Gasteiger partial charge in [-0.3, -0.25) is 0 Å². The molecule has 1 aromatic carbocycles. The van der Waals surface area contributed by atoms with E-state index in [4.69, 9.17) is 16.3 Å². The molecule has 0 atom stereocenters. The predicted octanol–water partition coefficient (Wildman–Crippen LogP) is 4.61. The molecule has 5 heteroatoms. The van der Waals surface area contributed by atoms with Crippen molar-refractivity contribution in [2.45, 2.75) is 20.8 Å². The van der Waals surface area contributed by atoms with Crippen LogP contribution in [0.1, 0.15) is 16.7 Å². The van der Waals surface area contributed by atoms with Crippen LogP contribution < -0.4 is 4.74 Å². The van der Waals surface area contributed by atoms with Crippen LogP contribution >= 0.6 is 27.5 Å². The summed E-state index contributed by atoms with van der Waals surface area (Å²) in [6.45, 7) is 5.91. The first kappa shape index (κ1) is 13.3. The van der Waals surface area contributed by atoms with Crippen molar-refractivity contribution in [3.8, 4) is 11.6 Å². The van der Waals surface area contributed by atoms with Crippen LogP contribution in [0, 0.1) is 20.8 Å². The molecule has 1 heterocycles. The maximum atomic E-state index is 5.76. The van der Waals surface area contributed by atoms with Crippen LogP contribution in [0.2, 0.25) is 5.28 Å². The molecule has 3 nitrogen and oxygen atoms in total. The van der Waals surface area contributed by atoms with Gasteiger partial charge in [0.25, 0.3) is 0 Å². The first-order chi connectivity index (χ1) is 8.47. The maximum Gasteiger partial charge on any atom is 0.226 e. The molecule has 0 unspecified atom stereocenters. The Hall–Kier alpha value is -1.13. The summed E-state index contributed by atoms with van der Waals surface area (Å²) in [7, 11) is 0. The SMILES string of the molecule is Cc1cnc(Cl)nc1Oc1cc(C)c(Br)c(C)c1. The lowest BCUT2D eigenvalue weighted by atomic mass is 10.1. The van der Waals surface area contributed by atoms with E-state index in [2.05, 4.69) is 25.9 Å². The Balaban J connectivity index is 2.37. The van der Waals surface area contributed by atoms with Gasteiger partial charge in [0.15, 0.2) is 0 Å². The normalized spacial score (nSPS) is 10.5. The van der Waals surface area contributed by atoms with Gasteiger partial charge in [0.05, 0.1) is 0 Å². The number of benzene rings is 1. The molecule has 0 saturated heterocycles. The van der Waals surface area contributed by atoms with Gasteiger partial charge in [-0.25, -0.2) is 4.98 Å². The topological polar surface area (TPSA) is 35.0 Å². The monoisotopic (exact) mass is 326 g/mol. The highest BCUT2D eigenvalue weighted by Gasteiger charge is 2.08. The average molecular weight is 328 g/mol. The zero-order valence-electron chi connectivity index (χ0n) is 10.3. The first-order valence-corrected chi connectivity index (χ1v) is 6.58. The summed E-state index contributed by atoms with van der Waals surface area (Å²) >= 11 is 9.28. The second-order valence-electron chi connectivity index (χ2n) is 4.10. The lowest BCUT2D eigenvalue weighted by Crippen LogP contribution is -1.95. The van der Waals surface area contributed by atoms with Crippen LogP contribution in [0.25, 0.3) is 0 Å². The summed E-state index contributed by atoms with van der Waals surface area (Å²) in [6, 6.07) is 3.90. The minimum absolute atomic E-state index is 0.182. The van der Waals surface area contributed by atoms with Gasteiger partial charge in [0, 0.05) is 16.2 Å². The molecular formula is C13H12BrClN2O. The molecular weight excluding hydrogens is 316 g/mol. The minimum atomic E-state index is 0.182. The van der Waals surface area contributed by atoms with E-state index in [-0.39, 0.29) is 5.28 Å². The number of ether oxygens (including phenoxy) is 1. The van der Waals surface area contributed by atoms with Crippen LogP contribution in [0.5, 0.6) is 11.6 Å². The van der Waals surface area contributed by atoms with Crippen molar-refractivity contribution in [1.29, 1.82) is 0 Å². The Kier molecular flexibility index (Phi) is 3.88. The summed E-state index contributed by atoms with van der Waals surface area (Å²) < 4.78 is 6.84. The van der Waals surface area contributed by atoms with Crippen molar-refractivity contribution in [3.05, 3.63) is 44.8 Å². The van der Waals surface area contributed by atoms with E-state index in [0.29, 0.717) is 5.88 Å². The number of rotatable bonds is 2. The number of hydrogen-bond donors (Lipinski definition) is 0. The molecule has 2 aromatic rings. The van der Waals surface area contributed by atoms with Gasteiger partial charge >= 0.3 is 0 Å². The zero-order chi connectivity index (χ0) is 13.3. The van der Waals surface area contributed by atoms with Crippen molar-refractivity contribution in [2.24, 2.45) is 0 Å². The number of halogens is 2. The molecule has 0 N–H and O–H groups in total. The second kappa shape index (κ2) is 5.24. The molecule has 1 aromatic heterocycles. The molecule has 0 aliphatic heterocycles. The van der Waals surface area contributed by atoms with E-state index in [0.717, 1.165) is 26.9 Å². The molecule has 0 aliphatic carbocycles. The number of aryl methyl sites for hydroxylation is 3. The van der Waals surface area contributed by atoms with Crippen LogP contribution in [0.3, 0.4) is 0 Å². The van der Waals surface area contributed by atoms with E-state index >= 15 is 0 Å². The zero-order valence-corrected chi connectivity index (χ0v) is 12.6. The highest BCUT2D eigenvalue weighted by molar-refractivity contribution is 9.10. The summed E-state index contributed by atoms with van der Waals surface area (Å²) in [5.41, 5.74) is 3.07. The Labute approximate surface area is 119 Å². The quantitative estimate of drug-likeness (QED) is 0.756. The molecule has 0 bridgehead atoms. The molecule has 0 fully saturated rings. The highest BCUT2D eigenvalue weighted by atomic mass is 79.9. The molecule has 0 radical (unpaired) electrons. The third-order valence-electron chi connectivity index (χ3n) is 2.52. The minimum Gasteiger partial charge on any atom is -0.439 e. The van der Waals surface area contributed by atoms with Crippen LogP contribution in [0.4, 0.5) is 0 Å². The Morgan fingerprint density at radius 2 is 1.72 bits per heavy atom. The van der Waals surface area contributed by atoms with Crippen molar-refractivity contribution in [1.82, 2.24) is 9.97 Å². The molecule has 0 spiro atoms. The van der Waals surface area contributed by atoms with Gasteiger partial charge in [-0.05, 0) is 55.6 Å². The van der Waals surface area contributed by atoms with E-state index in [9.17, 15) is 0 Å². The Morgan fingerprint density at radius 1 is 1.11 bits per heavy atom. The third kappa shape index (κ3) is 2.82. The van der Waals surface area contributed by atoms with Gasteiger partial charge in [-0.15, -0.1) is 0 Å². The van der Waals surface area contributed by atoms with E-state index in [1.54, 1.807) is 6.20 Å². The highest BCUT2D eigenvalue weighted by Crippen LogP contribution is 2.30. The van der Waals surface area contributed by atoms with E-state index < -0.39 is 0 Å². The van der Waals surface area contributed by atoms with Crippen molar-refractivity contribution < 1.29 is 4.74 Å². The summed E-state index contributed by atoms with van der Waals surface area (Å²) in [6.07, 6.45) is 1.64. The van der Waals surface area contributed by atoms with E-state index in [1.165, 1.54) is 0 Å². The molecule has 0 saturated carbocycles. The van der Waals surface area contributed by atoms with Crippen molar-refractivity contribution in [2.75, 3.05) is 0 Å². The van der Waals surface area contributed by atoms with Crippen molar-refractivity contribution in [3.63, 3.8) is 0 Å². The number of hydrogen-bond acceptors (Lipinski definition) is 3. The maximum absolute atomic E-state index is 5.76. The number of aromatic nitrogens is 2. The standard InChI is InChI=1S/C13H12BrClN2O/c1-7-4-10(5-8(2)11(7)14)18-12-9(3)6-16-13(15)17-12/h4-6H,1-3H3. The van der Waals surface area contributed by atoms with Crippen LogP contribution in [0.15, 0.2) is 22.8 Å². The van der Waals surface area contributed by atoms with Crippen molar-refractivity contribution >= 4 is 27.5 Å². The van der Waals surface area contributed by atoms with Crippen LogP contribution in [-0.2, 0) is 0 Å². The van der Waals surface area contributed by atoms with Gasteiger partial charge in [0.2, 0.25) is 11.2 Å². The smallest absolute Gasteiger partial charge is 0.226 e. The molecule has 0 amide bonds. The van der Waals surface area contributed by atoms with Gasteiger partial charge in [-0.1, -0.05) is 15.9 Å². The lowest BCUT2D eigenvalue weighted by Gasteiger charge is -2.10. The summed E-state index contributed by atoms with van der Waals surface area (Å²) in [5, 5.41) is 0.182. The number of nitrogens with zero attached hydrogens (tertiary/aromatic N) is 2. The largest absolute Gasteiger partial charge is 0.439 e. The van der Waals surface area contributed by atoms with Gasteiger partial charge < -0.3 is 4.74 Å². The van der Waals surface area contributed by atoms with Gasteiger partial charge in [0.1, 0.15) is 5.75 Å². The fraction of sp³-hybridized carbons (Fsp3) is 0.231. The predicted molar refractivity (Wildman–Crippen MR) is 75.5 cm³/mol. The summed E-state index contributed by atoms with van der Waals surface area (Å²) in [5.74, 6) is 1.22. The van der Waals surface area contributed by atoms with E-state index in [1.807, 2.05) is 32.9 Å². The fourth-order valence-corrected chi connectivity index (χ4v) is 1.94. The second-order valence-corrected chi connectivity index (χ2v) is 5.23. The summed E-state index contributed by atoms with van der Waals surface area (Å²) in [4.78, 5) is 7.97. The molecule has 0 aliphatic rings. The fourth-order valence-electron chi connectivity index (χ4n) is 1.59. The molecule has 94 valence electrons. The van der Waals surface area contributed by atoms with Gasteiger partial charge in [-0.2, -0.15) is 4.98 Å². The Bertz CT molecular complexity index is 579.